The van der Waals surface area contributed by atoms with Gasteiger partial charge in [0.15, 0.2) is 0 Å². The zero-order chi connectivity index (χ0) is 13.8. The third-order valence-corrected chi connectivity index (χ3v) is 4.38. The van der Waals surface area contributed by atoms with Gasteiger partial charge < -0.3 is 5.32 Å². The molecule has 100 valence electrons. The summed E-state index contributed by atoms with van der Waals surface area (Å²) in [6.45, 7) is 4.25. The van der Waals surface area contributed by atoms with Crippen LogP contribution in [0.4, 0.5) is 0 Å². The van der Waals surface area contributed by atoms with Gasteiger partial charge in [-0.15, -0.1) is 0 Å². The summed E-state index contributed by atoms with van der Waals surface area (Å²) in [5.41, 5.74) is 5.29. The summed E-state index contributed by atoms with van der Waals surface area (Å²) in [6, 6.07) is 15.7. The van der Waals surface area contributed by atoms with Gasteiger partial charge in [-0.3, -0.25) is 0 Å². The average molecular weight is 318 g/mol. The summed E-state index contributed by atoms with van der Waals surface area (Å²) in [5, 5.41) is 3.41. The van der Waals surface area contributed by atoms with Crippen molar-refractivity contribution < 1.29 is 0 Å². The Hall–Kier alpha value is -1.12. The van der Waals surface area contributed by atoms with Crippen LogP contribution in [-0.4, -0.2) is 7.05 Å². The van der Waals surface area contributed by atoms with Crippen molar-refractivity contribution in [2.45, 2.75) is 26.3 Å². The Balaban J connectivity index is 2.19. The number of rotatable bonds is 4. The van der Waals surface area contributed by atoms with E-state index in [-0.39, 0.29) is 0 Å². The van der Waals surface area contributed by atoms with Crippen molar-refractivity contribution in [2.24, 2.45) is 0 Å². The molecule has 0 spiro atoms. The highest BCUT2D eigenvalue weighted by Gasteiger charge is 2.11. The average Bonchev–Trinajstić information content (AvgIpc) is 2.41. The maximum atomic E-state index is 3.55. The summed E-state index contributed by atoms with van der Waals surface area (Å²) in [4.78, 5) is 0. The fourth-order valence-corrected chi connectivity index (χ4v) is 2.48. The van der Waals surface area contributed by atoms with E-state index in [1.807, 2.05) is 7.05 Å². The van der Waals surface area contributed by atoms with Crippen molar-refractivity contribution in [3.63, 3.8) is 0 Å². The van der Waals surface area contributed by atoms with Gasteiger partial charge in [0.2, 0.25) is 0 Å². The van der Waals surface area contributed by atoms with Gasteiger partial charge in [-0.1, -0.05) is 57.9 Å². The van der Waals surface area contributed by atoms with Gasteiger partial charge in [-0.2, -0.15) is 0 Å². The van der Waals surface area contributed by atoms with Crippen molar-refractivity contribution in [1.82, 2.24) is 5.32 Å². The molecule has 0 aliphatic heterocycles. The molecule has 2 heteroatoms. The van der Waals surface area contributed by atoms with Crippen molar-refractivity contribution in [1.29, 1.82) is 0 Å². The Morgan fingerprint density at radius 1 is 1.05 bits per heavy atom. The normalized spacial score (nSPS) is 12.4. The second kappa shape index (κ2) is 6.36. The molecule has 0 bridgehead atoms. The zero-order valence-electron chi connectivity index (χ0n) is 11.7. The molecule has 1 atom stereocenters. The van der Waals surface area contributed by atoms with E-state index in [0.717, 1.165) is 6.42 Å². The fraction of sp³-hybridized carbons (Fsp3) is 0.294. The van der Waals surface area contributed by atoms with E-state index < -0.39 is 0 Å². The van der Waals surface area contributed by atoms with E-state index in [4.69, 9.17) is 0 Å². The Labute approximate surface area is 124 Å². The maximum absolute atomic E-state index is 3.55. The van der Waals surface area contributed by atoms with Crippen LogP contribution >= 0.6 is 15.9 Å². The number of aryl methyl sites for hydroxylation is 2. The molecule has 0 saturated heterocycles. The molecule has 1 N–H and O–H groups in total. The Morgan fingerprint density at radius 2 is 1.74 bits per heavy atom. The van der Waals surface area contributed by atoms with Crippen molar-refractivity contribution in [3.05, 3.63) is 69.2 Å². The highest BCUT2D eigenvalue weighted by Crippen LogP contribution is 2.23. The lowest BCUT2D eigenvalue weighted by Crippen LogP contribution is -2.19. The first-order chi connectivity index (χ1) is 9.10. The molecule has 2 rings (SSSR count). The molecular formula is C17H20BrN. The highest BCUT2D eigenvalue weighted by molar-refractivity contribution is 9.10. The first-order valence-corrected chi connectivity index (χ1v) is 7.38. The lowest BCUT2D eigenvalue weighted by molar-refractivity contribution is 0.591. The summed E-state index contributed by atoms with van der Waals surface area (Å²) in [7, 11) is 2.02. The van der Waals surface area contributed by atoms with Crippen molar-refractivity contribution >= 4 is 15.9 Å². The molecule has 0 radical (unpaired) electrons. The topological polar surface area (TPSA) is 12.0 Å². The second-order valence-corrected chi connectivity index (χ2v) is 5.89. The Morgan fingerprint density at radius 3 is 2.32 bits per heavy atom. The molecule has 0 fully saturated rings. The molecule has 1 nitrogen and oxygen atoms in total. The first-order valence-electron chi connectivity index (χ1n) is 6.59. The molecule has 0 heterocycles. The molecule has 0 saturated carbocycles. The van der Waals surface area contributed by atoms with E-state index in [9.17, 15) is 0 Å². The molecule has 1 unspecified atom stereocenters. The number of halogens is 1. The van der Waals surface area contributed by atoms with Crippen LogP contribution in [0.1, 0.15) is 28.3 Å². The minimum atomic E-state index is 0.356. The number of nitrogens with one attached hydrogen (secondary N) is 1. The van der Waals surface area contributed by atoms with E-state index >= 15 is 0 Å². The third-order valence-electron chi connectivity index (χ3n) is 3.49. The van der Waals surface area contributed by atoms with Crippen LogP contribution in [0.5, 0.6) is 0 Å². The van der Waals surface area contributed by atoms with Gasteiger partial charge in [-0.05, 0) is 50.1 Å². The molecule has 2 aromatic rings. The van der Waals surface area contributed by atoms with Crippen LogP contribution in [0.3, 0.4) is 0 Å². The fourth-order valence-electron chi connectivity index (χ4n) is 2.23. The largest absolute Gasteiger partial charge is 0.313 e. The molecule has 19 heavy (non-hydrogen) atoms. The molecule has 0 aromatic heterocycles. The Bertz CT molecular complexity index is 546. The minimum Gasteiger partial charge on any atom is -0.313 e. The standard InChI is InChI=1S/C17H20BrN/c1-12-4-6-14(7-5-12)11-17(19-3)15-8-9-16(18)13(2)10-15/h4-10,17,19H,11H2,1-3H3. The highest BCUT2D eigenvalue weighted by atomic mass is 79.9. The molecule has 0 amide bonds. The molecule has 0 aliphatic carbocycles. The molecule has 2 aromatic carbocycles. The predicted octanol–water partition coefficient (Wildman–Crippen LogP) is 4.57. The maximum Gasteiger partial charge on any atom is 0.0358 e. The lowest BCUT2D eigenvalue weighted by atomic mass is 9.97. The van der Waals surface area contributed by atoms with E-state index in [0.29, 0.717) is 6.04 Å². The smallest absolute Gasteiger partial charge is 0.0358 e. The van der Waals surface area contributed by atoms with Gasteiger partial charge in [0.1, 0.15) is 0 Å². The van der Waals surface area contributed by atoms with Crippen LogP contribution in [-0.2, 0) is 6.42 Å². The first kappa shape index (κ1) is 14.3. The summed E-state index contributed by atoms with van der Waals surface area (Å²) in [6.07, 6.45) is 1.01. The van der Waals surface area contributed by atoms with Crippen LogP contribution < -0.4 is 5.32 Å². The summed E-state index contributed by atoms with van der Waals surface area (Å²) >= 11 is 3.55. The van der Waals surface area contributed by atoms with E-state index in [1.165, 1.54) is 26.7 Å². The Kier molecular flexibility index (Phi) is 4.78. The van der Waals surface area contributed by atoms with Crippen LogP contribution in [0.15, 0.2) is 46.9 Å². The van der Waals surface area contributed by atoms with Crippen LogP contribution in [0.25, 0.3) is 0 Å². The van der Waals surface area contributed by atoms with Crippen LogP contribution in [0.2, 0.25) is 0 Å². The summed E-state index contributed by atoms with van der Waals surface area (Å²) < 4.78 is 1.17. The second-order valence-electron chi connectivity index (χ2n) is 5.04. The number of likely N-dealkylation sites (N-methyl/N-ethyl adjacent to an activating group) is 1. The number of hydrogen-bond acceptors (Lipinski definition) is 1. The molecule has 0 aliphatic rings. The number of hydrogen-bond donors (Lipinski definition) is 1. The van der Waals surface area contributed by atoms with E-state index in [1.54, 1.807) is 0 Å². The van der Waals surface area contributed by atoms with E-state index in [2.05, 4.69) is 77.6 Å². The van der Waals surface area contributed by atoms with Crippen LogP contribution in [0, 0.1) is 13.8 Å². The lowest BCUT2D eigenvalue weighted by Gasteiger charge is -2.18. The van der Waals surface area contributed by atoms with Gasteiger partial charge in [0, 0.05) is 10.5 Å². The summed E-state index contributed by atoms with van der Waals surface area (Å²) in [5.74, 6) is 0. The quantitative estimate of drug-likeness (QED) is 0.871. The monoisotopic (exact) mass is 317 g/mol. The zero-order valence-corrected chi connectivity index (χ0v) is 13.3. The third kappa shape index (κ3) is 3.68. The number of benzene rings is 2. The van der Waals surface area contributed by atoms with Crippen molar-refractivity contribution in [3.8, 4) is 0 Å². The van der Waals surface area contributed by atoms with Gasteiger partial charge >= 0.3 is 0 Å². The van der Waals surface area contributed by atoms with Crippen molar-refractivity contribution in [2.75, 3.05) is 7.05 Å². The SMILES string of the molecule is CNC(Cc1ccc(C)cc1)c1ccc(Br)c(C)c1. The van der Waals surface area contributed by atoms with Gasteiger partial charge in [0.05, 0.1) is 0 Å². The minimum absolute atomic E-state index is 0.356. The molecular weight excluding hydrogens is 298 g/mol. The van der Waals surface area contributed by atoms with Gasteiger partial charge in [-0.25, -0.2) is 0 Å². The predicted molar refractivity (Wildman–Crippen MR) is 85.6 cm³/mol. The van der Waals surface area contributed by atoms with Gasteiger partial charge in [0.25, 0.3) is 0 Å².